The van der Waals surface area contributed by atoms with E-state index >= 15 is 0 Å². The summed E-state index contributed by atoms with van der Waals surface area (Å²) in [5.41, 5.74) is 0.659. The minimum Gasteiger partial charge on any atom is -0.383 e. The standard InChI is InChI=1S/C13H22N4O3S/c1-10-6-13(10,9-20-2)21(18,19)14-7-11-8-17(16-15-11)12-4-3-5-12/h8,10,12,14H,3-7,9H2,1-2H3/t10-,13+/m0/s1. The summed E-state index contributed by atoms with van der Waals surface area (Å²) in [5, 5.41) is 8.12. The van der Waals surface area contributed by atoms with Crippen molar-refractivity contribution in [1.29, 1.82) is 0 Å². The molecule has 7 nitrogen and oxygen atoms in total. The molecule has 0 unspecified atom stereocenters. The molecule has 1 heterocycles. The van der Waals surface area contributed by atoms with Crippen LogP contribution in [0.4, 0.5) is 0 Å². The molecule has 0 aromatic carbocycles. The number of hydrogen-bond donors (Lipinski definition) is 1. The molecular weight excluding hydrogens is 292 g/mol. The fraction of sp³-hybridized carbons (Fsp3) is 0.846. The van der Waals surface area contributed by atoms with Crippen molar-refractivity contribution in [3.05, 3.63) is 11.9 Å². The van der Waals surface area contributed by atoms with Crippen LogP contribution in [-0.2, 0) is 21.3 Å². The highest BCUT2D eigenvalue weighted by atomic mass is 32.2. The van der Waals surface area contributed by atoms with Crippen LogP contribution in [0.3, 0.4) is 0 Å². The van der Waals surface area contributed by atoms with E-state index in [9.17, 15) is 8.42 Å². The number of methoxy groups -OCH3 is 1. The molecule has 0 bridgehead atoms. The Hall–Kier alpha value is -0.990. The summed E-state index contributed by atoms with van der Waals surface area (Å²) >= 11 is 0. The molecule has 1 aromatic heterocycles. The van der Waals surface area contributed by atoms with Crippen molar-refractivity contribution in [3.63, 3.8) is 0 Å². The average Bonchev–Trinajstić information content (AvgIpc) is 2.84. The van der Waals surface area contributed by atoms with Gasteiger partial charge in [-0.25, -0.2) is 17.8 Å². The molecule has 8 heteroatoms. The van der Waals surface area contributed by atoms with Gasteiger partial charge in [0.1, 0.15) is 4.75 Å². The summed E-state index contributed by atoms with van der Waals surface area (Å²) in [6.07, 6.45) is 5.96. The molecule has 0 amide bonds. The highest BCUT2D eigenvalue weighted by molar-refractivity contribution is 7.91. The first-order chi connectivity index (χ1) is 9.98. The van der Waals surface area contributed by atoms with Gasteiger partial charge in [-0.3, -0.25) is 0 Å². The summed E-state index contributed by atoms with van der Waals surface area (Å²) < 4.78 is 33.7. The predicted octanol–water partition coefficient (Wildman–Crippen LogP) is 0.847. The smallest absolute Gasteiger partial charge is 0.220 e. The van der Waals surface area contributed by atoms with Crippen molar-refractivity contribution in [1.82, 2.24) is 19.7 Å². The molecule has 2 aliphatic rings. The van der Waals surface area contributed by atoms with Crippen LogP contribution in [0.15, 0.2) is 6.20 Å². The van der Waals surface area contributed by atoms with Crippen molar-refractivity contribution in [2.75, 3.05) is 13.7 Å². The van der Waals surface area contributed by atoms with Crippen LogP contribution in [0.2, 0.25) is 0 Å². The lowest BCUT2D eigenvalue weighted by molar-refractivity contribution is 0.188. The van der Waals surface area contributed by atoms with E-state index < -0.39 is 14.8 Å². The van der Waals surface area contributed by atoms with Crippen LogP contribution in [0.25, 0.3) is 0 Å². The third kappa shape index (κ3) is 2.60. The third-order valence-electron chi connectivity index (χ3n) is 4.76. The molecule has 21 heavy (non-hydrogen) atoms. The van der Waals surface area contributed by atoms with Crippen molar-refractivity contribution in [2.45, 2.75) is 49.9 Å². The van der Waals surface area contributed by atoms with Gasteiger partial charge in [-0.05, 0) is 31.6 Å². The SMILES string of the molecule is COC[C@]1(S(=O)(=O)NCc2cn(C3CCC3)nn2)C[C@@H]1C. The maximum atomic E-state index is 12.5. The fourth-order valence-corrected chi connectivity index (χ4v) is 4.79. The lowest BCUT2D eigenvalue weighted by Crippen LogP contribution is -2.40. The predicted molar refractivity (Wildman–Crippen MR) is 77.1 cm³/mol. The highest BCUT2D eigenvalue weighted by Crippen LogP contribution is 2.49. The first-order valence-electron chi connectivity index (χ1n) is 7.37. The summed E-state index contributed by atoms with van der Waals surface area (Å²) in [6, 6.07) is 0.436. The van der Waals surface area contributed by atoms with Crippen LogP contribution in [-0.4, -0.2) is 41.9 Å². The molecule has 0 saturated heterocycles. The minimum absolute atomic E-state index is 0.126. The van der Waals surface area contributed by atoms with Gasteiger partial charge < -0.3 is 4.74 Å². The Labute approximate surface area is 125 Å². The van der Waals surface area contributed by atoms with E-state index in [4.69, 9.17) is 4.74 Å². The second-order valence-corrected chi connectivity index (χ2v) is 8.31. The molecule has 1 N–H and O–H groups in total. The second kappa shape index (κ2) is 5.33. The van der Waals surface area contributed by atoms with Gasteiger partial charge in [0.15, 0.2) is 0 Å². The van der Waals surface area contributed by atoms with Gasteiger partial charge >= 0.3 is 0 Å². The number of nitrogens with zero attached hydrogens (tertiary/aromatic N) is 3. The largest absolute Gasteiger partial charge is 0.383 e. The van der Waals surface area contributed by atoms with Crippen molar-refractivity contribution < 1.29 is 13.2 Å². The number of ether oxygens (including phenoxy) is 1. The van der Waals surface area contributed by atoms with Crippen LogP contribution in [0, 0.1) is 5.92 Å². The van der Waals surface area contributed by atoms with Crippen molar-refractivity contribution >= 4 is 10.0 Å². The molecule has 118 valence electrons. The van der Waals surface area contributed by atoms with E-state index in [0.29, 0.717) is 18.2 Å². The molecule has 1 aromatic rings. The summed E-state index contributed by atoms with van der Waals surface area (Å²) in [7, 11) is -1.88. The van der Waals surface area contributed by atoms with Gasteiger partial charge in [0.25, 0.3) is 0 Å². The Bertz CT molecular complexity index is 611. The Balaban J connectivity index is 1.62. The maximum absolute atomic E-state index is 12.5. The van der Waals surface area contributed by atoms with E-state index in [0.717, 1.165) is 12.8 Å². The molecule has 0 aliphatic heterocycles. The summed E-state index contributed by atoms with van der Waals surface area (Å²) in [6.45, 7) is 2.36. The fourth-order valence-electron chi connectivity index (χ4n) is 2.89. The molecule has 0 spiro atoms. The zero-order chi connectivity index (χ0) is 15.1. The monoisotopic (exact) mass is 314 g/mol. The quantitative estimate of drug-likeness (QED) is 0.806. The molecule has 2 atom stereocenters. The first-order valence-corrected chi connectivity index (χ1v) is 8.86. The van der Waals surface area contributed by atoms with Crippen LogP contribution in [0.1, 0.15) is 44.3 Å². The molecule has 2 aliphatic carbocycles. The van der Waals surface area contributed by atoms with Gasteiger partial charge in [-0.2, -0.15) is 0 Å². The molecule has 2 fully saturated rings. The summed E-state index contributed by atoms with van der Waals surface area (Å²) in [5.74, 6) is 0.126. The zero-order valence-electron chi connectivity index (χ0n) is 12.4. The van der Waals surface area contributed by atoms with Gasteiger partial charge in [0.05, 0.1) is 31.1 Å². The molecule has 0 radical (unpaired) electrons. The normalized spacial score (nSPS) is 29.3. The van der Waals surface area contributed by atoms with Crippen LogP contribution in [0.5, 0.6) is 0 Å². The number of hydrogen-bond acceptors (Lipinski definition) is 5. The van der Waals surface area contributed by atoms with E-state index in [1.54, 1.807) is 0 Å². The number of sulfonamides is 1. The van der Waals surface area contributed by atoms with Gasteiger partial charge in [-0.1, -0.05) is 12.1 Å². The van der Waals surface area contributed by atoms with Gasteiger partial charge in [0, 0.05) is 7.11 Å². The zero-order valence-corrected chi connectivity index (χ0v) is 13.3. The Morgan fingerprint density at radius 1 is 1.52 bits per heavy atom. The average molecular weight is 314 g/mol. The van der Waals surface area contributed by atoms with Crippen LogP contribution >= 0.6 is 0 Å². The second-order valence-electron chi connectivity index (χ2n) is 6.20. The topological polar surface area (TPSA) is 86.1 Å². The first kappa shape index (κ1) is 14.9. The van der Waals surface area contributed by atoms with E-state index in [2.05, 4.69) is 15.0 Å². The van der Waals surface area contributed by atoms with E-state index in [1.807, 2.05) is 17.8 Å². The summed E-state index contributed by atoms with van der Waals surface area (Å²) in [4.78, 5) is 0. The molecule has 2 saturated carbocycles. The Morgan fingerprint density at radius 3 is 2.76 bits per heavy atom. The highest BCUT2D eigenvalue weighted by Gasteiger charge is 2.61. The Kier molecular flexibility index (Phi) is 3.79. The molecule has 3 rings (SSSR count). The van der Waals surface area contributed by atoms with Gasteiger partial charge in [0.2, 0.25) is 10.0 Å². The number of nitrogens with one attached hydrogen (secondary N) is 1. The van der Waals surface area contributed by atoms with Crippen molar-refractivity contribution in [3.8, 4) is 0 Å². The number of aromatic nitrogens is 3. The van der Waals surface area contributed by atoms with E-state index in [-0.39, 0.29) is 19.1 Å². The van der Waals surface area contributed by atoms with Crippen LogP contribution < -0.4 is 4.72 Å². The lowest BCUT2D eigenvalue weighted by atomic mass is 9.93. The Morgan fingerprint density at radius 2 is 2.24 bits per heavy atom. The minimum atomic E-state index is -3.41. The maximum Gasteiger partial charge on any atom is 0.220 e. The molecular formula is C13H22N4O3S. The van der Waals surface area contributed by atoms with E-state index in [1.165, 1.54) is 13.5 Å². The lowest BCUT2D eigenvalue weighted by Gasteiger charge is -2.24. The van der Waals surface area contributed by atoms with Gasteiger partial charge in [-0.15, -0.1) is 5.10 Å². The number of rotatable bonds is 7. The third-order valence-corrected chi connectivity index (χ3v) is 7.05. The van der Waals surface area contributed by atoms with Crippen molar-refractivity contribution in [2.24, 2.45) is 5.92 Å².